The Kier molecular flexibility index (Phi) is 5.77. The fourth-order valence-corrected chi connectivity index (χ4v) is 6.65. The standard InChI is InChI=1S/C28H40O2/c1-16(2)17(3)7-8-18(4)25-15-26(30)27-24-13-20-9-10-21(29)14-23(20)19(5)22(24)11-12-28(25,27)6/h7-8,13,16-18,21,25,27,29H,9-12,14-15H2,1-6H3/b8-7+/t17-,18+,21-,25+,27-,28+/m0/s1. The molecular formula is C28H40O2. The Balaban J connectivity index is 1.68. The molecular weight excluding hydrogens is 368 g/mol. The van der Waals surface area contributed by atoms with Crippen LogP contribution >= 0.6 is 0 Å². The van der Waals surface area contributed by atoms with E-state index >= 15 is 0 Å². The van der Waals surface area contributed by atoms with Crippen molar-refractivity contribution in [2.45, 2.75) is 92.1 Å². The zero-order valence-corrected chi connectivity index (χ0v) is 19.8. The Hall–Kier alpha value is -1.41. The first-order valence-electron chi connectivity index (χ1n) is 12.2. The number of carbonyl (C=O) groups is 1. The number of Topliss-reactive ketones (excluding diaryl/α,β-unsaturated/α-hetero) is 1. The van der Waals surface area contributed by atoms with Gasteiger partial charge in [0, 0.05) is 12.3 Å². The van der Waals surface area contributed by atoms with Crippen LogP contribution in [0.2, 0.25) is 0 Å². The number of fused-ring (bicyclic) bond motifs is 4. The van der Waals surface area contributed by atoms with Crippen LogP contribution in [0.5, 0.6) is 0 Å². The average Bonchev–Trinajstić information content (AvgIpc) is 2.97. The molecule has 1 aromatic carbocycles. The van der Waals surface area contributed by atoms with Gasteiger partial charge in [-0.1, -0.05) is 52.8 Å². The first kappa shape index (κ1) is 21.8. The normalized spacial score (nSPS) is 32.8. The van der Waals surface area contributed by atoms with Crippen molar-refractivity contribution in [3.63, 3.8) is 0 Å². The molecule has 1 saturated carbocycles. The molecule has 0 heterocycles. The molecule has 1 aromatic rings. The van der Waals surface area contributed by atoms with E-state index < -0.39 is 0 Å². The molecule has 0 aliphatic heterocycles. The highest BCUT2D eigenvalue weighted by atomic mass is 16.3. The van der Waals surface area contributed by atoms with Crippen LogP contribution in [0.3, 0.4) is 0 Å². The highest BCUT2D eigenvalue weighted by Gasteiger charge is 2.55. The number of aliphatic hydroxyl groups is 1. The maximum absolute atomic E-state index is 13.4. The molecule has 164 valence electrons. The third-order valence-corrected chi connectivity index (χ3v) is 9.04. The molecule has 0 amide bonds. The minimum atomic E-state index is -0.207. The Morgan fingerprint density at radius 1 is 1.10 bits per heavy atom. The molecule has 2 nitrogen and oxygen atoms in total. The Morgan fingerprint density at radius 2 is 1.83 bits per heavy atom. The summed E-state index contributed by atoms with van der Waals surface area (Å²) in [6.07, 6.45) is 10.0. The van der Waals surface area contributed by atoms with Gasteiger partial charge in [0.25, 0.3) is 0 Å². The SMILES string of the molecule is Cc1c2c(cc3c1CC[C@@]1(C)[C@@H]3C(=O)C[C@@H]1[C@H](C)/C=C/[C@H](C)C(C)C)CC[C@H](O)C2. The number of hydrogen-bond donors (Lipinski definition) is 1. The molecule has 0 radical (unpaired) electrons. The van der Waals surface area contributed by atoms with Crippen LogP contribution in [-0.2, 0) is 24.1 Å². The largest absolute Gasteiger partial charge is 0.393 e. The maximum Gasteiger partial charge on any atom is 0.141 e. The van der Waals surface area contributed by atoms with E-state index in [-0.39, 0.29) is 17.4 Å². The predicted octanol–water partition coefficient (Wildman–Crippen LogP) is 5.95. The smallest absolute Gasteiger partial charge is 0.141 e. The van der Waals surface area contributed by atoms with Crippen LogP contribution in [0.15, 0.2) is 18.2 Å². The lowest BCUT2D eigenvalue weighted by Crippen LogP contribution is -2.36. The van der Waals surface area contributed by atoms with Gasteiger partial charge in [-0.25, -0.2) is 0 Å². The number of hydrogen-bond acceptors (Lipinski definition) is 2. The van der Waals surface area contributed by atoms with Gasteiger partial charge in [-0.2, -0.15) is 0 Å². The van der Waals surface area contributed by atoms with Crippen LogP contribution in [-0.4, -0.2) is 17.0 Å². The Morgan fingerprint density at radius 3 is 2.53 bits per heavy atom. The number of aliphatic hydroxyl groups excluding tert-OH is 1. The number of rotatable bonds is 4. The topological polar surface area (TPSA) is 37.3 Å². The first-order chi connectivity index (χ1) is 14.1. The number of aryl methyl sites for hydroxylation is 1. The van der Waals surface area contributed by atoms with Gasteiger partial charge in [0.1, 0.15) is 5.78 Å². The molecule has 0 saturated heterocycles. The highest BCUT2D eigenvalue weighted by Crippen LogP contribution is 2.60. The summed E-state index contributed by atoms with van der Waals surface area (Å²) in [4.78, 5) is 13.4. The van der Waals surface area contributed by atoms with Crippen molar-refractivity contribution in [3.05, 3.63) is 46.0 Å². The molecule has 3 aliphatic rings. The molecule has 1 N–H and O–H groups in total. The molecule has 2 heteroatoms. The van der Waals surface area contributed by atoms with E-state index in [4.69, 9.17) is 0 Å². The quantitative estimate of drug-likeness (QED) is 0.625. The summed E-state index contributed by atoms with van der Waals surface area (Å²) in [5.74, 6) is 2.59. The van der Waals surface area contributed by atoms with E-state index in [0.717, 1.165) is 38.5 Å². The summed E-state index contributed by atoms with van der Waals surface area (Å²) in [6, 6.07) is 2.37. The zero-order valence-electron chi connectivity index (χ0n) is 19.8. The van der Waals surface area contributed by atoms with Crippen molar-refractivity contribution in [1.82, 2.24) is 0 Å². The number of benzene rings is 1. The monoisotopic (exact) mass is 408 g/mol. The average molecular weight is 409 g/mol. The highest BCUT2D eigenvalue weighted by molar-refractivity contribution is 5.90. The van der Waals surface area contributed by atoms with Crippen molar-refractivity contribution < 1.29 is 9.90 Å². The van der Waals surface area contributed by atoms with Gasteiger partial charge in [0.15, 0.2) is 0 Å². The lowest BCUT2D eigenvalue weighted by Gasteiger charge is -2.43. The molecule has 6 atom stereocenters. The number of carbonyl (C=O) groups excluding carboxylic acids is 1. The minimum absolute atomic E-state index is 0.0560. The van der Waals surface area contributed by atoms with Gasteiger partial charge < -0.3 is 5.11 Å². The van der Waals surface area contributed by atoms with Crippen molar-refractivity contribution >= 4 is 5.78 Å². The summed E-state index contributed by atoms with van der Waals surface area (Å²) in [5.41, 5.74) is 6.90. The Bertz CT molecular complexity index is 864. The summed E-state index contributed by atoms with van der Waals surface area (Å²) < 4.78 is 0. The van der Waals surface area contributed by atoms with Gasteiger partial charge in [0.2, 0.25) is 0 Å². The fraction of sp³-hybridized carbons (Fsp3) is 0.679. The van der Waals surface area contributed by atoms with Crippen molar-refractivity contribution in [2.24, 2.45) is 29.1 Å². The van der Waals surface area contributed by atoms with Gasteiger partial charge in [-0.15, -0.1) is 0 Å². The second-order valence-electron chi connectivity index (χ2n) is 11.2. The summed E-state index contributed by atoms with van der Waals surface area (Å²) in [7, 11) is 0. The zero-order chi connectivity index (χ0) is 21.8. The van der Waals surface area contributed by atoms with Gasteiger partial charge in [0.05, 0.1) is 6.10 Å². The first-order valence-corrected chi connectivity index (χ1v) is 12.2. The lowest BCUT2D eigenvalue weighted by atomic mass is 9.60. The van der Waals surface area contributed by atoms with Crippen LogP contribution in [0.4, 0.5) is 0 Å². The van der Waals surface area contributed by atoms with Crippen LogP contribution in [0.1, 0.15) is 87.6 Å². The number of allylic oxidation sites excluding steroid dienone is 2. The fourth-order valence-electron chi connectivity index (χ4n) is 6.65. The van der Waals surface area contributed by atoms with E-state index in [2.05, 4.69) is 59.8 Å². The molecule has 0 unspecified atom stereocenters. The van der Waals surface area contributed by atoms with Crippen LogP contribution in [0, 0.1) is 36.0 Å². The van der Waals surface area contributed by atoms with E-state index in [1.54, 1.807) is 0 Å². The predicted molar refractivity (Wildman–Crippen MR) is 124 cm³/mol. The van der Waals surface area contributed by atoms with E-state index in [0.29, 0.717) is 29.5 Å². The van der Waals surface area contributed by atoms with E-state index in [1.165, 1.54) is 27.8 Å². The summed E-state index contributed by atoms with van der Waals surface area (Å²) in [6.45, 7) is 13.8. The molecule has 0 bridgehead atoms. The Labute approximate surface area is 183 Å². The van der Waals surface area contributed by atoms with Gasteiger partial charge in [-0.3, -0.25) is 4.79 Å². The van der Waals surface area contributed by atoms with E-state index in [9.17, 15) is 9.90 Å². The van der Waals surface area contributed by atoms with Crippen LogP contribution < -0.4 is 0 Å². The van der Waals surface area contributed by atoms with Crippen molar-refractivity contribution in [3.8, 4) is 0 Å². The van der Waals surface area contributed by atoms with E-state index in [1.807, 2.05) is 0 Å². The van der Waals surface area contributed by atoms with Crippen molar-refractivity contribution in [2.75, 3.05) is 0 Å². The molecule has 0 aromatic heterocycles. The maximum atomic E-state index is 13.4. The molecule has 1 fully saturated rings. The molecule has 4 rings (SSSR count). The molecule has 0 spiro atoms. The molecule has 30 heavy (non-hydrogen) atoms. The van der Waals surface area contributed by atoms with Gasteiger partial charge >= 0.3 is 0 Å². The second-order valence-corrected chi connectivity index (χ2v) is 11.2. The van der Waals surface area contributed by atoms with Crippen molar-refractivity contribution in [1.29, 1.82) is 0 Å². The third-order valence-electron chi connectivity index (χ3n) is 9.04. The molecule has 3 aliphatic carbocycles. The third kappa shape index (κ3) is 3.49. The summed E-state index contributed by atoms with van der Waals surface area (Å²) >= 11 is 0. The van der Waals surface area contributed by atoms with Gasteiger partial charge in [-0.05, 0) is 95.9 Å². The van der Waals surface area contributed by atoms with Crippen LogP contribution in [0.25, 0.3) is 0 Å². The number of ketones is 1. The lowest BCUT2D eigenvalue weighted by molar-refractivity contribution is -0.119. The summed E-state index contributed by atoms with van der Waals surface area (Å²) in [5, 5.41) is 10.2. The minimum Gasteiger partial charge on any atom is -0.393 e. The second kappa shape index (κ2) is 7.93.